The van der Waals surface area contributed by atoms with E-state index < -0.39 is 41.0 Å². The number of amides is 3. The molecule has 3 amide bonds. The molecule has 0 saturated heterocycles. The van der Waals surface area contributed by atoms with Gasteiger partial charge in [-0.3, -0.25) is 19.8 Å². The van der Waals surface area contributed by atoms with Gasteiger partial charge in [0.2, 0.25) is 0 Å². The normalized spacial score (nSPS) is 11.4. The van der Waals surface area contributed by atoms with Crippen molar-refractivity contribution >= 4 is 17.7 Å². The molecule has 3 aromatic rings. The summed E-state index contributed by atoms with van der Waals surface area (Å²) in [5.74, 6) is -3.65. The van der Waals surface area contributed by atoms with Crippen LogP contribution in [-0.4, -0.2) is 55.7 Å². The zero-order valence-corrected chi connectivity index (χ0v) is 21.1. The lowest BCUT2D eigenvalue weighted by Gasteiger charge is -2.30. The Balaban J connectivity index is 1.66. The predicted molar refractivity (Wildman–Crippen MR) is 140 cm³/mol. The molecule has 6 N–H and O–H groups in total. The molecule has 10 heteroatoms. The van der Waals surface area contributed by atoms with Crippen LogP contribution in [0.5, 0.6) is 23.0 Å². The maximum Gasteiger partial charge on any atom is 0.276 e. The van der Waals surface area contributed by atoms with Crippen LogP contribution in [0, 0.1) is 6.92 Å². The first-order valence-corrected chi connectivity index (χ1v) is 12.1. The van der Waals surface area contributed by atoms with E-state index in [1.807, 2.05) is 0 Å². The van der Waals surface area contributed by atoms with E-state index in [9.17, 15) is 34.8 Å². The molecule has 0 aliphatic carbocycles. The van der Waals surface area contributed by atoms with Crippen molar-refractivity contribution in [2.45, 2.75) is 39.2 Å². The maximum atomic E-state index is 13.3. The molecule has 0 unspecified atom stereocenters. The standard InChI is InChI=1S/C28H31N3O7/c1-17-9-3-4-11-19(17)27(37)30-31(28(38)21-13-8-15-23(33)25(21)35)18(2)10-5-6-16-29-26(36)20-12-7-14-22(32)24(20)34/h3-4,7-9,11-15,18,32-35H,5-6,10,16H2,1-2H3,(H,29,36)(H,30,37)/t18-/m0/s1. The zero-order chi connectivity index (χ0) is 27.8. The van der Waals surface area contributed by atoms with Crippen LogP contribution >= 0.6 is 0 Å². The van der Waals surface area contributed by atoms with Crippen LogP contribution in [0.1, 0.15) is 62.8 Å². The second-order valence-electron chi connectivity index (χ2n) is 8.88. The molecule has 0 radical (unpaired) electrons. The second kappa shape index (κ2) is 12.5. The molecular weight excluding hydrogens is 490 g/mol. The average molecular weight is 522 g/mol. The highest BCUT2D eigenvalue weighted by molar-refractivity contribution is 6.01. The zero-order valence-electron chi connectivity index (χ0n) is 21.1. The number of aryl methyl sites for hydroxylation is 1. The van der Waals surface area contributed by atoms with Gasteiger partial charge in [-0.25, -0.2) is 5.01 Å². The van der Waals surface area contributed by atoms with Gasteiger partial charge < -0.3 is 25.7 Å². The number of phenols is 4. The fourth-order valence-electron chi connectivity index (χ4n) is 3.90. The number of rotatable bonds is 9. The predicted octanol–water partition coefficient (Wildman–Crippen LogP) is 3.59. The van der Waals surface area contributed by atoms with Crippen LogP contribution in [0.25, 0.3) is 0 Å². The number of benzene rings is 3. The van der Waals surface area contributed by atoms with Gasteiger partial charge in [-0.1, -0.05) is 30.3 Å². The number of carbonyl (C=O) groups is 3. The van der Waals surface area contributed by atoms with Crippen molar-refractivity contribution in [2.24, 2.45) is 0 Å². The number of nitrogens with zero attached hydrogens (tertiary/aromatic N) is 1. The molecule has 0 heterocycles. The number of hydrogen-bond acceptors (Lipinski definition) is 7. The number of hydrazine groups is 1. The van der Waals surface area contributed by atoms with Crippen LogP contribution in [0.15, 0.2) is 60.7 Å². The van der Waals surface area contributed by atoms with Crippen LogP contribution < -0.4 is 10.7 Å². The monoisotopic (exact) mass is 521 g/mol. The molecule has 0 aliphatic rings. The average Bonchev–Trinajstić information content (AvgIpc) is 2.89. The maximum absolute atomic E-state index is 13.3. The summed E-state index contributed by atoms with van der Waals surface area (Å²) in [6.45, 7) is 3.78. The molecule has 0 bridgehead atoms. The third-order valence-corrected chi connectivity index (χ3v) is 6.11. The summed E-state index contributed by atoms with van der Waals surface area (Å²) in [5, 5.41) is 43.3. The van der Waals surface area contributed by atoms with Gasteiger partial charge in [-0.2, -0.15) is 0 Å². The fraction of sp³-hybridized carbons (Fsp3) is 0.250. The number of para-hydroxylation sites is 2. The summed E-state index contributed by atoms with van der Waals surface area (Å²) in [6, 6.07) is 14.5. The van der Waals surface area contributed by atoms with E-state index in [0.29, 0.717) is 24.8 Å². The Morgan fingerprint density at radius 2 is 1.34 bits per heavy atom. The van der Waals surface area contributed by atoms with Crippen molar-refractivity contribution in [1.82, 2.24) is 15.8 Å². The van der Waals surface area contributed by atoms with Crippen LogP contribution in [0.3, 0.4) is 0 Å². The molecule has 38 heavy (non-hydrogen) atoms. The Morgan fingerprint density at radius 1 is 0.763 bits per heavy atom. The van der Waals surface area contributed by atoms with Gasteiger partial charge in [0, 0.05) is 12.1 Å². The first-order valence-electron chi connectivity index (χ1n) is 12.1. The molecule has 0 saturated carbocycles. The highest BCUT2D eigenvalue weighted by Gasteiger charge is 2.27. The van der Waals surface area contributed by atoms with Crippen molar-refractivity contribution < 1.29 is 34.8 Å². The van der Waals surface area contributed by atoms with E-state index >= 15 is 0 Å². The van der Waals surface area contributed by atoms with Gasteiger partial charge in [-0.15, -0.1) is 0 Å². The van der Waals surface area contributed by atoms with Gasteiger partial charge in [0.1, 0.15) is 0 Å². The molecule has 3 aromatic carbocycles. The fourth-order valence-corrected chi connectivity index (χ4v) is 3.90. The molecule has 200 valence electrons. The molecule has 10 nitrogen and oxygen atoms in total. The Morgan fingerprint density at radius 3 is 2.00 bits per heavy atom. The number of carbonyl (C=O) groups excluding carboxylic acids is 3. The van der Waals surface area contributed by atoms with Crippen molar-refractivity contribution in [3.63, 3.8) is 0 Å². The van der Waals surface area contributed by atoms with Crippen molar-refractivity contribution in [1.29, 1.82) is 0 Å². The summed E-state index contributed by atoms with van der Waals surface area (Å²) in [7, 11) is 0. The summed E-state index contributed by atoms with van der Waals surface area (Å²) in [6.07, 6.45) is 1.52. The van der Waals surface area contributed by atoms with Crippen LogP contribution in [0.2, 0.25) is 0 Å². The van der Waals surface area contributed by atoms with Crippen molar-refractivity contribution in [3.8, 4) is 23.0 Å². The van der Waals surface area contributed by atoms with Gasteiger partial charge in [-0.05, 0) is 69.0 Å². The number of unbranched alkanes of at least 4 members (excludes halogenated alkanes) is 1. The minimum Gasteiger partial charge on any atom is -0.504 e. The molecule has 0 spiro atoms. The molecular formula is C28H31N3O7. The third kappa shape index (κ3) is 6.52. The van der Waals surface area contributed by atoms with E-state index in [1.54, 1.807) is 38.1 Å². The highest BCUT2D eigenvalue weighted by atomic mass is 16.3. The largest absolute Gasteiger partial charge is 0.504 e. The van der Waals surface area contributed by atoms with Gasteiger partial charge >= 0.3 is 0 Å². The smallest absolute Gasteiger partial charge is 0.276 e. The highest BCUT2D eigenvalue weighted by Crippen LogP contribution is 2.30. The lowest BCUT2D eigenvalue weighted by Crippen LogP contribution is -2.51. The quantitative estimate of drug-likeness (QED) is 0.143. The SMILES string of the molecule is Cc1ccccc1C(=O)NN(C(=O)c1cccc(O)c1O)[C@@H](C)CCCCNC(=O)c1cccc(O)c1O. The van der Waals surface area contributed by atoms with Gasteiger partial charge in [0.15, 0.2) is 23.0 Å². The summed E-state index contributed by atoms with van der Waals surface area (Å²) >= 11 is 0. The lowest BCUT2D eigenvalue weighted by molar-refractivity contribution is 0.0483. The summed E-state index contributed by atoms with van der Waals surface area (Å²) in [4.78, 5) is 38.6. The Kier molecular flexibility index (Phi) is 9.15. The Hall–Kier alpha value is -4.73. The molecule has 0 fully saturated rings. The molecule has 1 atom stereocenters. The number of aromatic hydroxyl groups is 4. The Labute approximate surface area is 220 Å². The number of nitrogens with one attached hydrogen (secondary N) is 2. The third-order valence-electron chi connectivity index (χ3n) is 6.11. The van der Waals surface area contributed by atoms with Gasteiger partial charge in [0.05, 0.1) is 17.2 Å². The summed E-state index contributed by atoms with van der Waals surface area (Å²) < 4.78 is 0. The molecule has 3 rings (SSSR count). The summed E-state index contributed by atoms with van der Waals surface area (Å²) in [5.41, 5.74) is 3.54. The van der Waals surface area contributed by atoms with Crippen molar-refractivity contribution in [2.75, 3.05) is 6.54 Å². The minimum absolute atomic E-state index is 0.0417. The first kappa shape index (κ1) is 27.9. The van der Waals surface area contributed by atoms with Crippen LogP contribution in [-0.2, 0) is 0 Å². The topological polar surface area (TPSA) is 159 Å². The van der Waals surface area contributed by atoms with Crippen molar-refractivity contribution in [3.05, 3.63) is 82.9 Å². The van der Waals surface area contributed by atoms with E-state index in [4.69, 9.17) is 0 Å². The van der Waals surface area contributed by atoms with Gasteiger partial charge in [0.25, 0.3) is 17.7 Å². The number of hydrogen-bond donors (Lipinski definition) is 6. The molecule has 0 aromatic heterocycles. The second-order valence-corrected chi connectivity index (χ2v) is 8.88. The minimum atomic E-state index is -0.694. The lowest BCUT2D eigenvalue weighted by atomic mass is 10.1. The number of phenolic OH excluding ortho intramolecular Hbond substituents is 4. The van der Waals surface area contributed by atoms with E-state index in [-0.39, 0.29) is 23.4 Å². The Bertz CT molecular complexity index is 1330. The first-order chi connectivity index (χ1) is 18.1. The van der Waals surface area contributed by atoms with E-state index in [1.165, 1.54) is 36.4 Å². The van der Waals surface area contributed by atoms with E-state index in [0.717, 1.165) is 10.6 Å². The molecule has 0 aliphatic heterocycles. The van der Waals surface area contributed by atoms with E-state index in [2.05, 4.69) is 10.7 Å². The van der Waals surface area contributed by atoms with Crippen LogP contribution in [0.4, 0.5) is 0 Å².